The molecule has 6 rings (SSSR count). The number of pyridine rings is 1. The lowest BCUT2D eigenvalue weighted by molar-refractivity contribution is 0.205. The fraction of sp³-hybridized carbons (Fsp3) is 0.286. The van der Waals surface area contributed by atoms with Gasteiger partial charge in [0.15, 0.2) is 5.65 Å². The SMILES string of the molecule is c1cc(-c2ccc3cc[nH]c3c2)n2nc(Nc3ccc(OCCCN4CCCCC4)cc3)nc2c1. The van der Waals surface area contributed by atoms with Gasteiger partial charge < -0.3 is 19.9 Å². The molecule has 0 atom stereocenters. The maximum absolute atomic E-state index is 5.95. The van der Waals surface area contributed by atoms with Crippen LogP contribution in [0.2, 0.25) is 0 Å². The number of benzene rings is 2. The van der Waals surface area contributed by atoms with Crippen molar-refractivity contribution in [2.24, 2.45) is 0 Å². The van der Waals surface area contributed by atoms with Gasteiger partial charge in [-0.05, 0) is 86.3 Å². The molecule has 0 bridgehead atoms. The van der Waals surface area contributed by atoms with Gasteiger partial charge in [-0.25, -0.2) is 4.52 Å². The van der Waals surface area contributed by atoms with E-state index in [9.17, 15) is 0 Å². The zero-order valence-corrected chi connectivity index (χ0v) is 19.8. The van der Waals surface area contributed by atoms with Crippen molar-refractivity contribution in [3.8, 4) is 17.0 Å². The minimum Gasteiger partial charge on any atom is -0.494 e. The van der Waals surface area contributed by atoms with Crippen molar-refractivity contribution in [1.29, 1.82) is 0 Å². The Morgan fingerprint density at radius 3 is 2.71 bits per heavy atom. The van der Waals surface area contributed by atoms with E-state index in [0.717, 1.165) is 53.4 Å². The Morgan fingerprint density at radius 2 is 1.83 bits per heavy atom. The number of anilines is 2. The van der Waals surface area contributed by atoms with Gasteiger partial charge >= 0.3 is 0 Å². The normalized spacial score (nSPS) is 14.5. The molecule has 0 spiro atoms. The van der Waals surface area contributed by atoms with Crippen LogP contribution in [0.3, 0.4) is 0 Å². The Morgan fingerprint density at radius 1 is 0.943 bits per heavy atom. The van der Waals surface area contributed by atoms with Crippen LogP contribution in [0.1, 0.15) is 25.7 Å². The molecule has 7 heteroatoms. The third kappa shape index (κ3) is 4.86. The summed E-state index contributed by atoms with van der Waals surface area (Å²) in [6, 6.07) is 22.5. The van der Waals surface area contributed by atoms with E-state index < -0.39 is 0 Å². The molecular weight excluding hydrogens is 436 g/mol. The van der Waals surface area contributed by atoms with Gasteiger partial charge in [-0.3, -0.25) is 0 Å². The number of nitrogens with zero attached hydrogens (tertiary/aromatic N) is 4. The van der Waals surface area contributed by atoms with Gasteiger partial charge in [0.1, 0.15) is 5.75 Å². The van der Waals surface area contributed by atoms with Crippen molar-refractivity contribution in [3.63, 3.8) is 0 Å². The number of ether oxygens (including phenoxy) is 1. The summed E-state index contributed by atoms with van der Waals surface area (Å²) in [6.45, 7) is 4.34. The fourth-order valence-corrected chi connectivity index (χ4v) is 4.81. The molecule has 1 fully saturated rings. The molecule has 7 nitrogen and oxygen atoms in total. The average Bonchev–Trinajstić information content (AvgIpc) is 3.54. The molecule has 3 aromatic heterocycles. The monoisotopic (exact) mass is 466 g/mol. The standard InChI is InChI=1S/C28H30N6O/c1-2-16-33(17-3-1)18-5-19-35-24-12-10-23(11-13-24)30-28-31-27-7-4-6-26(34(27)32-28)22-9-8-21-14-15-29-25(21)20-22/h4,6-15,20,29H,1-3,5,16-19H2,(H,30,32). The first-order chi connectivity index (χ1) is 17.3. The molecule has 1 aliphatic rings. The Kier molecular flexibility index (Phi) is 6.07. The molecule has 0 radical (unpaired) electrons. The molecule has 2 N–H and O–H groups in total. The Hall–Kier alpha value is -3.84. The third-order valence-electron chi connectivity index (χ3n) is 6.66. The fourth-order valence-electron chi connectivity index (χ4n) is 4.81. The topological polar surface area (TPSA) is 70.5 Å². The molecule has 1 saturated heterocycles. The van der Waals surface area contributed by atoms with Gasteiger partial charge in [0, 0.05) is 29.5 Å². The number of H-pyrrole nitrogens is 1. The number of aromatic nitrogens is 4. The molecule has 0 amide bonds. The van der Waals surface area contributed by atoms with E-state index >= 15 is 0 Å². The minimum absolute atomic E-state index is 0.564. The van der Waals surface area contributed by atoms with E-state index in [2.05, 4.69) is 50.5 Å². The van der Waals surface area contributed by atoms with Gasteiger partial charge in [0.05, 0.1) is 12.3 Å². The summed E-state index contributed by atoms with van der Waals surface area (Å²) in [5.74, 6) is 1.45. The van der Waals surface area contributed by atoms with Crippen LogP contribution in [0, 0.1) is 0 Å². The van der Waals surface area contributed by atoms with Crippen LogP contribution in [0.25, 0.3) is 27.8 Å². The number of piperidine rings is 1. The summed E-state index contributed by atoms with van der Waals surface area (Å²) in [5, 5.41) is 9.24. The van der Waals surface area contributed by atoms with Crippen LogP contribution in [-0.2, 0) is 0 Å². The molecule has 35 heavy (non-hydrogen) atoms. The van der Waals surface area contributed by atoms with Crippen LogP contribution < -0.4 is 10.1 Å². The van der Waals surface area contributed by atoms with E-state index in [4.69, 9.17) is 9.84 Å². The molecule has 5 aromatic rings. The lowest BCUT2D eigenvalue weighted by Crippen LogP contribution is -2.31. The predicted molar refractivity (Wildman–Crippen MR) is 140 cm³/mol. The van der Waals surface area contributed by atoms with Crippen molar-refractivity contribution in [2.45, 2.75) is 25.7 Å². The maximum Gasteiger partial charge on any atom is 0.247 e. The molecule has 2 aromatic carbocycles. The van der Waals surface area contributed by atoms with Gasteiger partial charge in [-0.2, -0.15) is 4.98 Å². The number of fused-ring (bicyclic) bond motifs is 2. The zero-order valence-electron chi connectivity index (χ0n) is 19.8. The van der Waals surface area contributed by atoms with Crippen LogP contribution in [-0.4, -0.2) is 50.7 Å². The van der Waals surface area contributed by atoms with Gasteiger partial charge in [-0.1, -0.05) is 24.6 Å². The number of hydrogen-bond donors (Lipinski definition) is 2. The van der Waals surface area contributed by atoms with Crippen LogP contribution >= 0.6 is 0 Å². The highest BCUT2D eigenvalue weighted by Gasteiger charge is 2.11. The first-order valence-corrected chi connectivity index (χ1v) is 12.5. The van der Waals surface area contributed by atoms with Crippen molar-refractivity contribution in [1.82, 2.24) is 24.5 Å². The molecule has 0 aliphatic carbocycles. The Bertz CT molecular complexity index is 1410. The van der Waals surface area contributed by atoms with E-state index in [1.165, 1.54) is 37.7 Å². The van der Waals surface area contributed by atoms with E-state index in [1.54, 1.807) is 0 Å². The summed E-state index contributed by atoms with van der Waals surface area (Å²) in [7, 11) is 0. The van der Waals surface area contributed by atoms with Crippen LogP contribution in [0.4, 0.5) is 11.6 Å². The smallest absolute Gasteiger partial charge is 0.247 e. The van der Waals surface area contributed by atoms with Crippen molar-refractivity contribution < 1.29 is 4.74 Å². The van der Waals surface area contributed by atoms with Crippen molar-refractivity contribution in [3.05, 3.63) is 72.9 Å². The first kappa shape index (κ1) is 21.7. The summed E-state index contributed by atoms with van der Waals surface area (Å²) in [4.78, 5) is 10.5. The average molecular weight is 467 g/mol. The Labute approximate surface area is 204 Å². The minimum atomic E-state index is 0.564. The van der Waals surface area contributed by atoms with Crippen molar-refractivity contribution >= 4 is 28.2 Å². The second-order valence-corrected chi connectivity index (χ2v) is 9.15. The summed E-state index contributed by atoms with van der Waals surface area (Å²) < 4.78 is 7.83. The largest absolute Gasteiger partial charge is 0.494 e. The Balaban J connectivity index is 1.11. The second-order valence-electron chi connectivity index (χ2n) is 9.15. The molecule has 0 unspecified atom stereocenters. The molecular formula is C28H30N6O. The number of hydrogen-bond acceptors (Lipinski definition) is 5. The van der Waals surface area contributed by atoms with E-state index in [1.807, 2.05) is 47.1 Å². The molecule has 4 heterocycles. The molecule has 1 aliphatic heterocycles. The summed E-state index contributed by atoms with van der Waals surface area (Å²) in [5.41, 5.74) is 4.91. The van der Waals surface area contributed by atoms with E-state index in [-0.39, 0.29) is 0 Å². The summed E-state index contributed by atoms with van der Waals surface area (Å²) >= 11 is 0. The molecule has 0 saturated carbocycles. The van der Waals surface area contributed by atoms with Crippen molar-refractivity contribution in [2.75, 3.05) is 31.6 Å². The van der Waals surface area contributed by atoms with E-state index in [0.29, 0.717) is 5.95 Å². The van der Waals surface area contributed by atoms with Crippen LogP contribution in [0.5, 0.6) is 5.75 Å². The van der Waals surface area contributed by atoms with Gasteiger partial charge in [0.25, 0.3) is 0 Å². The van der Waals surface area contributed by atoms with Gasteiger partial charge in [-0.15, -0.1) is 5.10 Å². The number of aromatic amines is 1. The second kappa shape index (κ2) is 9.80. The summed E-state index contributed by atoms with van der Waals surface area (Å²) in [6.07, 6.45) is 7.06. The highest BCUT2D eigenvalue weighted by Crippen LogP contribution is 2.25. The van der Waals surface area contributed by atoms with Crippen LogP contribution in [0.15, 0.2) is 72.9 Å². The predicted octanol–water partition coefficient (Wildman–Crippen LogP) is 5.88. The van der Waals surface area contributed by atoms with Gasteiger partial charge in [0.2, 0.25) is 5.95 Å². The molecule has 178 valence electrons. The highest BCUT2D eigenvalue weighted by molar-refractivity contribution is 5.84. The lowest BCUT2D eigenvalue weighted by atomic mass is 10.1. The number of likely N-dealkylation sites (tertiary alicyclic amines) is 1. The third-order valence-corrected chi connectivity index (χ3v) is 6.66. The number of rotatable bonds is 8. The highest BCUT2D eigenvalue weighted by atomic mass is 16.5. The maximum atomic E-state index is 5.95. The quantitative estimate of drug-likeness (QED) is 0.280. The lowest BCUT2D eigenvalue weighted by Gasteiger charge is -2.26. The zero-order chi connectivity index (χ0) is 23.5. The first-order valence-electron chi connectivity index (χ1n) is 12.5. The number of nitrogens with one attached hydrogen (secondary N) is 2.